The Labute approximate surface area is 69.3 Å². The third kappa shape index (κ3) is 3.94. The molecule has 0 radical (unpaired) electrons. The molecule has 0 aromatic rings. The van der Waals surface area contributed by atoms with Gasteiger partial charge in [0, 0.05) is 5.54 Å². The van der Waals surface area contributed by atoms with Crippen LogP contribution in [0.1, 0.15) is 40.5 Å². The molecule has 0 aliphatic carbocycles. The van der Waals surface area contributed by atoms with Gasteiger partial charge in [0.25, 0.3) is 0 Å². The maximum atomic E-state index is 5.55. The van der Waals surface area contributed by atoms with Gasteiger partial charge in [0.1, 0.15) is 0 Å². The number of allylic oxidation sites excluding steroid dienone is 1. The van der Waals surface area contributed by atoms with Crippen LogP contribution in [-0.4, -0.2) is 0 Å². The molecule has 0 heterocycles. The summed E-state index contributed by atoms with van der Waals surface area (Å²) in [5.74, 6) is 0. The quantitative estimate of drug-likeness (QED) is 0.587. The Morgan fingerprint density at radius 1 is 1.50 bits per heavy atom. The fourth-order valence-electron chi connectivity index (χ4n) is 0.918. The van der Waals surface area contributed by atoms with Gasteiger partial charge >= 0.3 is 0 Å². The van der Waals surface area contributed by atoms with Crippen molar-refractivity contribution < 1.29 is 0 Å². The molecule has 0 atom stereocenters. The highest BCUT2D eigenvalue weighted by molar-refractivity contribution is 6.25. The molecule has 0 unspecified atom stereocenters. The zero-order chi connectivity index (χ0) is 8.20. The van der Waals surface area contributed by atoms with Crippen LogP contribution in [0, 0.1) is 5.41 Å². The summed E-state index contributed by atoms with van der Waals surface area (Å²) < 4.78 is 0. The van der Waals surface area contributed by atoms with Gasteiger partial charge in [-0.05, 0) is 18.8 Å². The first-order chi connectivity index (χ1) is 4.52. The molecule has 0 saturated carbocycles. The van der Waals surface area contributed by atoms with Gasteiger partial charge in [-0.3, -0.25) is 0 Å². The lowest BCUT2D eigenvalue weighted by Crippen LogP contribution is -2.09. The average Bonchev–Trinajstić information content (AvgIpc) is 1.87. The minimum absolute atomic E-state index is 0.412. The molecule has 0 amide bonds. The molecule has 0 aromatic heterocycles. The van der Waals surface area contributed by atoms with E-state index in [4.69, 9.17) is 11.6 Å². The van der Waals surface area contributed by atoms with Gasteiger partial charge in [-0.15, -0.1) is 0 Å². The van der Waals surface area contributed by atoms with Crippen LogP contribution in [0.4, 0.5) is 0 Å². The van der Waals surface area contributed by atoms with Crippen molar-refractivity contribution in [1.29, 1.82) is 0 Å². The van der Waals surface area contributed by atoms with Crippen LogP contribution in [0.2, 0.25) is 0 Å². The molecule has 1 heteroatoms. The highest BCUT2D eigenvalue weighted by Gasteiger charge is 2.14. The largest absolute Gasteiger partial charge is 0.0930 e. The normalized spacial score (nSPS) is 13.9. The molecule has 0 nitrogen and oxygen atoms in total. The van der Waals surface area contributed by atoms with E-state index in [1.807, 2.05) is 0 Å². The first-order valence-corrected chi connectivity index (χ1v) is 4.21. The summed E-state index contributed by atoms with van der Waals surface area (Å²) in [6.45, 7) is 8.81. The number of rotatable bonds is 3. The standard InChI is InChI=1S/C9H17Cl/c1-5-9(3,4)6-8(2)7-10/h7H,5-6H2,1-4H3. The summed E-state index contributed by atoms with van der Waals surface area (Å²) in [5, 5.41) is 0. The van der Waals surface area contributed by atoms with E-state index in [1.54, 1.807) is 5.54 Å². The van der Waals surface area contributed by atoms with Crippen molar-refractivity contribution in [1.82, 2.24) is 0 Å². The van der Waals surface area contributed by atoms with Crippen LogP contribution in [0.5, 0.6) is 0 Å². The van der Waals surface area contributed by atoms with Crippen molar-refractivity contribution in [3.8, 4) is 0 Å². The third-order valence-electron chi connectivity index (χ3n) is 1.90. The molecule has 0 aliphatic heterocycles. The van der Waals surface area contributed by atoms with Crippen molar-refractivity contribution in [2.75, 3.05) is 0 Å². The molecule has 0 spiro atoms. The van der Waals surface area contributed by atoms with Gasteiger partial charge in [0.2, 0.25) is 0 Å². The predicted molar refractivity (Wildman–Crippen MR) is 48.3 cm³/mol. The molecule has 0 bridgehead atoms. The first-order valence-electron chi connectivity index (χ1n) is 3.77. The SMILES string of the molecule is CCC(C)(C)CC(C)=CCl. The first kappa shape index (κ1) is 10.0. The van der Waals surface area contributed by atoms with Crippen LogP contribution in [0.15, 0.2) is 11.1 Å². The molecule has 0 rings (SSSR count). The van der Waals surface area contributed by atoms with E-state index < -0.39 is 0 Å². The van der Waals surface area contributed by atoms with Gasteiger partial charge in [-0.1, -0.05) is 44.4 Å². The predicted octanol–water partition coefficient (Wildman–Crippen LogP) is 3.96. The van der Waals surface area contributed by atoms with E-state index in [0.717, 1.165) is 6.42 Å². The van der Waals surface area contributed by atoms with Crippen molar-refractivity contribution in [2.45, 2.75) is 40.5 Å². The molecule has 0 saturated heterocycles. The van der Waals surface area contributed by atoms with E-state index in [-0.39, 0.29) is 0 Å². The van der Waals surface area contributed by atoms with Gasteiger partial charge < -0.3 is 0 Å². The average molecular weight is 161 g/mol. The number of hydrogen-bond acceptors (Lipinski definition) is 0. The summed E-state index contributed by atoms with van der Waals surface area (Å²) in [7, 11) is 0. The van der Waals surface area contributed by atoms with Crippen LogP contribution in [-0.2, 0) is 0 Å². The Morgan fingerprint density at radius 3 is 2.30 bits per heavy atom. The number of hydrogen-bond donors (Lipinski definition) is 0. The monoisotopic (exact) mass is 160 g/mol. The fraction of sp³-hybridized carbons (Fsp3) is 0.778. The summed E-state index contributed by atoms with van der Waals surface area (Å²) in [6.07, 6.45) is 2.31. The van der Waals surface area contributed by atoms with Crippen molar-refractivity contribution in [3.05, 3.63) is 11.1 Å². The second kappa shape index (κ2) is 4.02. The lowest BCUT2D eigenvalue weighted by Gasteiger charge is -2.22. The van der Waals surface area contributed by atoms with E-state index in [2.05, 4.69) is 27.7 Å². The Hall–Kier alpha value is 0.0300. The van der Waals surface area contributed by atoms with Crippen LogP contribution < -0.4 is 0 Å². The maximum Gasteiger partial charge on any atom is 0.00318 e. The Morgan fingerprint density at radius 2 is 2.00 bits per heavy atom. The zero-order valence-electron chi connectivity index (χ0n) is 7.37. The van der Waals surface area contributed by atoms with Crippen LogP contribution in [0.3, 0.4) is 0 Å². The number of halogens is 1. The van der Waals surface area contributed by atoms with E-state index in [0.29, 0.717) is 5.41 Å². The van der Waals surface area contributed by atoms with Gasteiger partial charge in [0.05, 0.1) is 0 Å². The fourth-order valence-corrected chi connectivity index (χ4v) is 0.996. The molecule has 60 valence electrons. The van der Waals surface area contributed by atoms with Crippen molar-refractivity contribution >= 4 is 11.6 Å². The van der Waals surface area contributed by atoms with E-state index in [1.165, 1.54) is 12.0 Å². The summed E-state index contributed by atoms with van der Waals surface area (Å²) in [5.41, 5.74) is 3.36. The Balaban J connectivity index is 3.88. The molecule has 0 N–H and O–H groups in total. The Kier molecular flexibility index (Phi) is 4.04. The lowest BCUT2D eigenvalue weighted by molar-refractivity contribution is 0.348. The summed E-state index contributed by atoms with van der Waals surface area (Å²) in [6, 6.07) is 0. The van der Waals surface area contributed by atoms with Crippen molar-refractivity contribution in [3.63, 3.8) is 0 Å². The van der Waals surface area contributed by atoms with Crippen molar-refractivity contribution in [2.24, 2.45) is 5.41 Å². The zero-order valence-corrected chi connectivity index (χ0v) is 8.13. The molecule has 0 fully saturated rings. The Bertz CT molecular complexity index is 123. The second-order valence-corrected chi connectivity index (χ2v) is 3.87. The van der Waals surface area contributed by atoms with Crippen LogP contribution in [0.25, 0.3) is 0 Å². The second-order valence-electron chi connectivity index (χ2n) is 3.65. The van der Waals surface area contributed by atoms with Gasteiger partial charge in [-0.2, -0.15) is 0 Å². The van der Waals surface area contributed by atoms with Crippen LogP contribution >= 0.6 is 11.6 Å². The molecular formula is C9H17Cl. The summed E-state index contributed by atoms with van der Waals surface area (Å²) in [4.78, 5) is 0. The molecular weight excluding hydrogens is 144 g/mol. The highest BCUT2D eigenvalue weighted by atomic mass is 35.5. The highest BCUT2D eigenvalue weighted by Crippen LogP contribution is 2.28. The summed E-state index contributed by atoms with van der Waals surface area (Å²) >= 11 is 5.55. The minimum atomic E-state index is 0.412. The van der Waals surface area contributed by atoms with Gasteiger partial charge in [0.15, 0.2) is 0 Å². The van der Waals surface area contributed by atoms with E-state index in [9.17, 15) is 0 Å². The minimum Gasteiger partial charge on any atom is -0.0930 e. The third-order valence-corrected chi connectivity index (χ3v) is 2.27. The topological polar surface area (TPSA) is 0 Å². The molecule has 0 aromatic carbocycles. The molecule has 10 heavy (non-hydrogen) atoms. The van der Waals surface area contributed by atoms with E-state index >= 15 is 0 Å². The smallest absolute Gasteiger partial charge is 0.00318 e. The lowest BCUT2D eigenvalue weighted by atomic mass is 9.84. The van der Waals surface area contributed by atoms with Gasteiger partial charge in [-0.25, -0.2) is 0 Å². The maximum absolute atomic E-state index is 5.55. The molecule has 0 aliphatic rings.